The highest BCUT2D eigenvalue weighted by atomic mass is 35.5. The number of imidazole rings is 1. The molecule has 0 radical (unpaired) electrons. The van der Waals surface area contributed by atoms with Crippen molar-refractivity contribution in [3.63, 3.8) is 0 Å². The number of rotatable bonds is 4. The molecule has 0 saturated carbocycles. The summed E-state index contributed by atoms with van der Waals surface area (Å²) in [4.78, 5) is 8.88. The summed E-state index contributed by atoms with van der Waals surface area (Å²) in [6, 6.07) is 13.6. The quantitative estimate of drug-likeness (QED) is 0.555. The summed E-state index contributed by atoms with van der Waals surface area (Å²) in [5.74, 6) is 1.12. The summed E-state index contributed by atoms with van der Waals surface area (Å²) in [6.07, 6.45) is 2.36. The van der Waals surface area contributed by atoms with Gasteiger partial charge in [-0.05, 0) is 36.8 Å². The second-order valence-electron chi connectivity index (χ2n) is 5.51. The minimum atomic E-state index is 0.516. The Labute approximate surface area is 143 Å². The van der Waals surface area contributed by atoms with Crippen molar-refractivity contribution < 1.29 is 4.52 Å². The zero-order valence-corrected chi connectivity index (χ0v) is 13.9. The molecule has 0 N–H and O–H groups in total. The van der Waals surface area contributed by atoms with E-state index in [2.05, 4.69) is 26.6 Å². The van der Waals surface area contributed by atoms with Crippen molar-refractivity contribution >= 4 is 22.6 Å². The molecule has 0 amide bonds. The lowest BCUT2D eigenvalue weighted by atomic mass is 10.1. The molecular formula is C18H15ClN4O. The molecule has 0 aliphatic carbocycles. The Hall–Kier alpha value is -2.66. The molecule has 5 nitrogen and oxygen atoms in total. The molecule has 0 aliphatic heterocycles. The first-order chi connectivity index (χ1) is 11.7. The van der Waals surface area contributed by atoms with Gasteiger partial charge in [-0.25, -0.2) is 4.98 Å². The maximum atomic E-state index is 6.18. The van der Waals surface area contributed by atoms with E-state index in [1.807, 2.05) is 48.8 Å². The van der Waals surface area contributed by atoms with Crippen LogP contribution in [0.5, 0.6) is 0 Å². The van der Waals surface area contributed by atoms with E-state index in [0.717, 1.165) is 28.7 Å². The zero-order chi connectivity index (χ0) is 16.5. The first kappa shape index (κ1) is 14.9. The molecule has 120 valence electrons. The van der Waals surface area contributed by atoms with E-state index in [1.54, 1.807) is 0 Å². The molecule has 0 atom stereocenters. The second-order valence-corrected chi connectivity index (χ2v) is 5.92. The van der Waals surface area contributed by atoms with Crippen molar-refractivity contribution in [1.29, 1.82) is 0 Å². The molecule has 2 heterocycles. The average Bonchev–Trinajstić information content (AvgIpc) is 3.23. The van der Waals surface area contributed by atoms with Crippen LogP contribution in [0.1, 0.15) is 18.4 Å². The van der Waals surface area contributed by atoms with Crippen LogP contribution in [0.15, 0.2) is 53.3 Å². The fourth-order valence-electron chi connectivity index (χ4n) is 2.70. The van der Waals surface area contributed by atoms with Crippen molar-refractivity contribution in [3.05, 3.63) is 65.3 Å². The number of aromatic nitrogens is 4. The van der Waals surface area contributed by atoms with Gasteiger partial charge in [0.25, 0.3) is 0 Å². The number of hydrogen-bond acceptors (Lipinski definition) is 4. The molecule has 0 spiro atoms. The number of nitrogens with zero attached hydrogens (tertiary/aromatic N) is 4. The van der Waals surface area contributed by atoms with Crippen LogP contribution in [0.25, 0.3) is 22.4 Å². The third-order valence-corrected chi connectivity index (χ3v) is 4.36. The first-order valence-electron chi connectivity index (χ1n) is 7.76. The Balaban J connectivity index is 1.66. The van der Waals surface area contributed by atoms with Crippen LogP contribution in [0.4, 0.5) is 0 Å². The van der Waals surface area contributed by atoms with Gasteiger partial charge in [-0.3, -0.25) is 0 Å². The zero-order valence-electron chi connectivity index (χ0n) is 13.1. The Kier molecular flexibility index (Phi) is 3.78. The lowest BCUT2D eigenvalue weighted by Gasteiger charge is -2.00. The van der Waals surface area contributed by atoms with Gasteiger partial charge in [0.1, 0.15) is 0 Å². The summed E-state index contributed by atoms with van der Waals surface area (Å²) in [6.45, 7) is 2.95. The summed E-state index contributed by atoms with van der Waals surface area (Å²) in [5, 5.41) is 4.80. The molecule has 2 aromatic heterocycles. The Bertz CT molecular complexity index is 1010. The second kappa shape index (κ2) is 6.09. The Morgan fingerprint density at radius 1 is 1.17 bits per heavy atom. The van der Waals surface area contributed by atoms with Crippen LogP contribution < -0.4 is 0 Å². The summed E-state index contributed by atoms with van der Waals surface area (Å²) >= 11 is 6.18. The lowest BCUT2D eigenvalue weighted by molar-refractivity contribution is 0.386. The summed E-state index contributed by atoms with van der Waals surface area (Å²) < 4.78 is 7.47. The van der Waals surface area contributed by atoms with E-state index in [4.69, 9.17) is 16.1 Å². The van der Waals surface area contributed by atoms with Gasteiger partial charge < -0.3 is 9.09 Å². The third-order valence-electron chi connectivity index (χ3n) is 3.99. The highest BCUT2D eigenvalue weighted by Gasteiger charge is 2.12. The monoisotopic (exact) mass is 338 g/mol. The number of benzene rings is 2. The summed E-state index contributed by atoms with van der Waals surface area (Å²) in [7, 11) is 0. The van der Waals surface area contributed by atoms with Crippen molar-refractivity contribution in [2.45, 2.75) is 19.9 Å². The van der Waals surface area contributed by atoms with Gasteiger partial charge >= 0.3 is 0 Å². The first-order valence-corrected chi connectivity index (χ1v) is 8.13. The van der Waals surface area contributed by atoms with E-state index in [0.29, 0.717) is 23.2 Å². The molecule has 0 fully saturated rings. The van der Waals surface area contributed by atoms with Crippen LogP contribution >= 0.6 is 11.6 Å². The molecule has 6 heteroatoms. The van der Waals surface area contributed by atoms with Crippen molar-refractivity contribution in [2.24, 2.45) is 0 Å². The minimum Gasteiger partial charge on any atom is -0.339 e. The largest absolute Gasteiger partial charge is 0.339 e. The number of fused-ring (bicyclic) bond motifs is 1. The van der Waals surface area contributed by atoms with Crippen LogP contribution in [-0.2, 0) is 13.0 Å². The van der Waals surface area contributed by atoms with Gasteiger partial charge in [-0.15, -0.1) is 0 Å². The fourth-order valence-corrected chi connectivity index (χ4v) is 2.90. The summed E-state index contributed by atoms with van der Waals surface area (Å²) in [5.41, 5.74) is 3.90. The van der Waals surface area contributed by atoms with E-state index < -0.39 is 0 Å². The van der Waals surface area contributed by atoms with Crippen LogP contribution in [0.3, 0.4) is 0 Å². The SMILES string of the molecule is CCn1cnc2ccc(-c3noc(Cc4ccccc4Cl)n3)cc21. The number of halogens is 1. The highest BCUT2D eigenvalue weighted by Crippen LogP contribution is 2.23. The lowest BCUT2D eigenvalue weighted by Crippen LogP contribution is -1.92. The van der Waals surface area contributed by atoms with E-state index in [9.17, 15) is 0 Å². The maximum Gasteiger partial charge on any atom is 0.231 e. The predicted octanol–water partition coefficient (Wildman–Crippen LogP) is 4.35. The predicted molar refractivity (Wildman–Crippen MR) is 93.0 cm³/mol. The molecule has 0 saturated heterocycles. The van der Waals surface area contributed by atoms with E-state index in [1.165, 1.54) is 0 Å². The van der Waals surface area contributed by atoms with Gasteiger partial charge in [-0.1, -0.05) is 35.0 Å². The maximum absolute atomic E-state index is 6.18. The minimum absolute atomic E-state index is 0.516. The molecule has 4 aromatic rings. The molecule has 4 rings (SSSR count). The van der Waals surface area contributed by atoms with Gasteiger partial charge in [0.15, 0.2) is 0 Å². The van der Waals surface area contributed by atoms with Crippen molar-refractivity contribution in [2.75, 3.05) is 0 Å². The van der Waals surface area contributed by atoms with Crippen molar-refractivity contribution in [1.82, 2.24) is 19.7 Å². The van der Waals surface area contributed by atoms with Gasteiger partial charge in [0.05, 0.1) is 23.8 Å². The van der Waals surface area contributed by atoms with Gasteiger partial charge in [0.2, 0.25) is 11.7 Å². The standard InChI is InChI=1S/C18H15ClN4O/c1-2-23-11-20-15-8-7-13(9-16(15)23)18-21-17(24-22-18)10-12-5-3-4-6-14(12)19/h3-9,11H,2,10H2,1H3. The fraction of sp³-hybridized carbons (Fsp3) is 0.167. The van der Waals surface area contributed by atoms with Gasteiger partial charge in [-0.2, -0.15) is 4.98 Å². The van der Waals surface area contributed by atoms with E-state index >= 15 is 0 Å². The molecule has 2 aromatic carbocycles. The van der Waals surface area contributed by atoms with Gasteiger partial charge in [0, 0.05) is 17.1 Å². The number of aryl methyl sites for hydroxylation is 1. The molecular weight excluding hydrogens is 324 g/mol. The highest BCUT2D eigenvalue weighted by molar-refractivity contribution is 6.31. The Morgan fingerprint density at radius 2 is 2.04 bits per heavy atom. The Morgan fingerprint density at radius 3 is 2.88 bits per heavy atom. The van der Waals surface area contributed by atoms with Crippen LogP contribution in [0.2, 0.25) is 5.02 Å². The molecule has 24 heavy (non-hydrogen) atoms. The molecule has 0 unspecified atom stereocenters. The van der Waals surface area contributed by atoms with Crippen LogP contribution in [-0.4, -0.2) is 19.7 Å². The van der Waals surface area contributed by atoms with Crippen molar-refractivity contribution in [3.8, 4) is 11.4 Å². The smallest absolute Gasteiger partial charge is 0.231 e. The normalized spacial score (nSPS) is 11.2. The number of hydrogen-bond donors (Lipinski definition) is 0. The van der Waals surface area contributed by atoms with Crippen LogP contribution in [0, 0.1) is 0 Å². The molecule has 0 aliphatic rings. The third kappa shape index (κ3) is 2.67. The average molecular weight is 339 g/mol. The topological polar surface area (TPSA) is 56.7 Å². The molecule has 0 bridgehead atoms. The van der Waals surface area contributed by atoms with E-state index in [-0.39, 0.29) is 0 Å².